The molecule has 0 aliphatic rings. The number of rotatable bonds is 3. The lowest BCUT2D eigenvalue weighted by Gasteiger charge is -2.10. The van der Waals surface area contributed by atoms with Crippen molar-refractivity contribution in [2.75, 3.05) is 0 Å². The Morgan fingerprint density at radius 3 is 2.31 bits per heavy atom. The quantitative estimate of drug-likeness (QED) is 0.353. The average molecular weight is 399 g/mol. The van der Waals surface area contributed by atoms with Crippen LogP contribution in [0.4, 0.5) is 0 Å². The molecule has 4 nitrogen and oxygen atoms in total. The standard InChI is InChI=1S/C24H19ClN4/c1-15(2)16-8-10-18(11-9-16)23-27-28-24-22(17-6-4-3-5-7-17)26-20-13-12-19(25)14-21(20)29(23)24/h3-15H,1-2H3. The van der Waals surface area contributed by atoms with E-state index in [9.17, 15) is 0 Å². The minimum atomic E-state index is 0.479. The van der Waals surface area contributed by atoms with Crippen LogP contribution in [0, 0.1) is 0 Å². The molecule has 142 valence electrons. The highest BCUT2D eigenvalue weighted by molar-refractivity contribution is 6.31. The van der Waals surface area contributed by atoms with Gasteiger partial charge in [0.05, 0.1) is 11.0 Å². The van der Waals surface area contributed by atoms with Crippen LogP contribution >= 0.6 is 11.6 Å². The highest BCUT2D eigenvalue weighted by Gasteiger charge is 2.17. The van der Waals surface area contributed by atoms with Crippen molar-refractivity contribution >= 4 is 28.3 Å². The van der Waals surface area contributed by atoms with E-state index in [1.54, 1.807) is 0 Å². The molecule has 3 aromatic carbocycles. The maximum atomic E-state index is 6.31. The van der Waals surface area contributed by atoms with Gasteiger partial charge in [-0.25, -0.2) is 4.98 Å². The fourth-order valence-corrected chi connectivity index (χ4v) is 3.77. The molecular formula is C24H19ClN4. The van der Waals surface area contributed by atoms with Crippen molar-refractivity contribution in [3.05, 3.63) is 83.4 Å². The third-order valence-electron chi connectivity index (χ3n) is 5.17. The van der Waals surface area contributed by atoms with Crippen molar-refractivity contribution in [1.29, 1.82) is 0 Å². The maximum absolute atomic E-state index is 6.31. The van der Waals surface area contributed by atoms with E-state index in [1.807, 2.05) is 48.5 Å². The Morgan fingerprint density at radius 1 is 0.828 bits per heavy atom. The van der Waals surface area contributed by atoms with Crippen LogP contribution in [-0.2, 0) is 0 Å². The summed E-state index contributed by atoms with van der Waals surface area (Å²) in [5.41, 5.74) is 6.56. The van der Waals surface area contributed by atoms with E-state index in [-0.39, 0.29) is 0 Å². The summed E-state index contributed by atoms with van der Waals surface area (Å²) >= 11 is 6.31. The van der Waals surface area contributed by atoms with Gasteiger partial charge in [-0.2, -0.15) is 0 Å². The highest BCUT2D eigenvalue weighted by atomic mass is 35.5. The molecule has 0 unspecified atom stereocenters. The number of nitrogens with zero attached hydrogens (tertiary/aromatic N) is 4. The summed E-state index contributed by atoms with van der Waals surface area (Å²) in [4.78, 5) is 4.88. The van der Waals surface area contributed by atoms with E-state index in [4.69, 9.17) is 16.6 Å². The van der Waals surface area contributed by atoms with Gasteiger partial charge in [-0.1, -0.05) is 80.0 Å². The van der Waals surface area contributed by atoms with E-state index < -0.39 is 0 Å². The zero-order chi connectivity index (χ0) is 20.0. The summed E-state index contributed by atoms with van der Waals surface area (Å²) in [7, 11) is 0. The molecule has 5 heteroatoms. The second-order valence-corrected chi connectivity index (χ2v) is 7.86. The van der Waals surface area contributed by atoms with Gasteiger partial charge >= 0.3 is 0 Å². The lowest BCUT2D eigenvalue weighted by Crippen LogP contribution is -1.98. The smallest absolute Gasteiger partial charge is 0.188 e. The molecule has 0 atom stereocenters. The Morgan fingerprint density at radius 2 is 1.59 bits per heavy atom. The van der Waals surface area contributed by atoms with E-state index in [0.29, 0.717) is 16.6 Å². The van der Waals surface area contributed by atoms with Gasteiger partial charge in [-0.3, -0.25) is 4.40 Å². The van der Waals surface area contributed by atoms with Crippen LogP contribution in [0.25, 0.3) is 39.3 Å². The second kappa shape index (κ2) is 6.98. The molecule has 0 N–H and O–H groups in total. The fraction of sp³-hybridized carbons (Fsp3) is 0.125. The molecule has 0 aliphatic carbocycles. The molecule has 29 heavy (non-hydrogen) atoms. The molecular weight excluding hydrogens is 380 g/mol. The fourth-order valence-electron chi connectivity index (χ4n) is 3.60. The first-order valence-corrected chi connectivity index (χ1v) is 10.00. The zero-order valence-corrected chi connectivity index (χ0v) is 16.9. The van der Waals surface area contributed by atoms with E-state index in [1.165, 1.54) is 5.56 Å². The number of hydrogen-bond acceptors (Lipinski definition) is 3. The van der Waals surface area contributed by atoms with Crippen LogP contribution in [0.15, 0.2) is 72.8 Å². The molecule has 0 fully saturated rings. The normalized spacial score (nSPS) is 11.6. The predicted octanol–water partition coefficient (Wildman–Crippen LogP) is 6.39. The second-order valence-electron chi connectivity index (χ2n) is 7.42. The molecule has 0 aliphatic heterocycles. The lowest BCUT2D eigenvalue weighted by molar-refractivity contribution is 0.867. The molecule has 5 rings (SSSR count). The Hall–Kier alpha value is -3.24. The Bertz CT molecular complexity index is 1320. The van der Waals surface area contributed by atoms with E-state index in [2.05, 4.69) is 52.7 Å². The van der Waals surface area contributed by atoms with E-state index in [0.717, 1.165) is 33.7 Å². The zero-order valence-electron chi connectivity index (χ0n) is 16.2. The molecule has 5 aromatic rings. The molecule has 0 saturated carbocycles. The van der Waals surface area contributed by atoms with Crippen molar-refractivity contribution in [3.63, 3.8) is 0 Å². The van der Waals surface area contributed by atoms with Gasteiger partial charge in [0, 0.05) is 16.1 Å². The van der Waals surface area contributed by atoms with Crippen molar-refractivity contribution < 1.29 is 0 Å². The van der Waals surface area contributed by atoms with Crippen molar-refractivity contribution in [1.82, 2.24) is 19.6 Å². The third kappa shape index (κ3) is 3.06. The summed E-state index contributed by atoms with van der Waals surface area (Å²) in [6, 6.07) is 24.3. The van der Waals surface area contributed by atoms with Crippen LogP contribution in [-0.4, -0.2) is 19.6 Å². The third-order valence-corrected chi connectivity index (χ3v) is 5.40. The lowest BCUT2D eigenvalue weighted by atomic mass is 10.0. The largest absolute Gasteiger partial charge is 0.271 e. The van der Waals surface area contributed by atoms with Gasteiger partial charge in [0.15, 0.2) is 11.5 Å². The number of hydrogen-bond donors (Lipinski definition) is 0. The molecule has 0 bridgehead atoms. The van der Waals surface area contributed by atoms with Crippen LogP contribution in [0.3, 0.4) is 0 Å². The Labute approximate surface area is 173 Å². The molecule has 2 aromatic heterocycles. The summed E-state index contributed by atoms with van der Waals surface area (Å²) in [5, 5.41) is 9.71. The molecule has 0 amide bonds. The van der Waals surface area contributed by atoms with Gasteiger partial charge in [0.1, 0.15) is 5.69 Å². The van der Waals surface area contributed by atoms with Gasteiger partial charge in [0.2, 0.25) is 0 Å². The van der Waals surface area contributed by atoms with Crippen molar-refractivity contribution in [2.45, 2.75) is 19.8 Å². The number of halogens is 1. The Kier molecular flexibility index (Phi) is 4.29. The van der Waals surface area contributed by atoms with Crippen LogP contribution in [0.1, 0.15) is 25.3 Å². The molecule has 2 heterocycles. The van der Waals surface area contributed by atoms with Crippen LogP contribution < -0.4 is 0 Å². The first-order chi connectivity index (χ1) is 14.1. The van der Waals surface area contributed by atoms with Crippen LogP contribution in [0.2, 0.25) is 5.02 Å². The predicted molar refractivity (Wildman–Crippen MR) is 118 cm³/mol. The topological polar surface area (TPSA) is 43.1 Å². The van der Waals surface area contributed by atoms with E-state index >= 15 is 0 Å². The SMILES string of the molecule is CC(C)c1ccc(-c2nnc3c(-c4ccccc4)nc4ccc(Cl)cc4n23)cc1. The van der Waals surface area contributed by atoms with Crippen molar-refractivity contribution in [2.24, 2.45) is 0 Å². The molecule has 0 radical (unpaired) electrons. The summed E-state index contributed by atoms with van der Waals surface area (Å²) in [5.74, 6) is 1.26. The highest BCUT2D eigenvalue weighted by Crippen LogP contribution is 2.31. The summed E-state index contributed by atoms with van der Waals surface area (Å²) in [6.45, 7) is 4.38. The van der Waals surface area contributed by atoms with Gasteiger partial charge in [-0.05, 0) is 29.7 Å². The average Bonchev–Trinajstić information content (AvgIpc) is 3.19. The summed E-state index contributed by atoms with van der Waals surface area (Å²) in [6.07, 6.45) is 0. The first kappa shape index (κ1) is 17.8. The monoisotopic (exact) mass is 398 g/mol. The van der Waals surface area contributed by atoms with Gasteiger partial charge < -0.3 is 0 Å². The van der Waals surface area contributed by atoms with Crippen molar-refractivity contribution in [3.8, 4) is 22.6 Å². The first-order valence-electron chi connectivity index (χ1n) is 9.62. The number of fused-ring (bicyclic) bond motifs is 3. The maximum Gasteiger partial charge on any atom is 0.188 e. The minimum Gasteiger partial charge on any atom is -0.271 e. The molecule has 0 spiro atoms. The molecule has 0 saturated heterocycles. The number of benzene rings is 3. The number of aromatic nitrogens is 4. The van der Waals surface area contributed by atoms with Crippen LogP contribution in [0.5, 0.6) is 0 Å². The van der Waals surface area contributed by atoms with Gasteiger partial charge in [0.25, 0.3) is 0 Å². The van der Waals surface area contributed by atoms with Gasteiger partial charge in [-0.15, -0.1) is 10.2 Å². The minimum absolute atomic E-state index is 0.479. The Balaban J connectivity index is 1.83. The summed E-state index contributed by atoms with van der Waals surface area (Å²) < 4.78 is 2.06.